The van der Waals surface area contributed by atoms with Gasteiger partial charge in [-0.15, -0.1) is 0 Å². The Bertz CT molecular complexity index is 660. The van der Waals surface area contributed by atoms with E-state index in [1.807, 2.05) is 24.3 Å². The highest BCUT2D eigenvalue weighted by Gasteiger charge is 2.28. The number of hydrogen-bond donors (Lipinski definition) is 2. The number of benzene rings is 1. The van der Waals surface area contributed by atoms with E-state index in [9.17, 15) is 9.59 Å². The Hall–Kier alpha value is -2.37. The molecule has 1 heterocycles. The molecule has 0 aromatic heterocycles. The molecule has 1 aromatic rings. The van der Waals surface area contributed by atoms with Crippen LogP contribution in [0.3, 0.4) is 0 Å². The van der Waals surface area contributed by atoms with E-state index in [2.05, 4.69) is 29.5 Å². The zero-order valence-electron chi connectivity index (χ0n) is 14.8. The second kappa shape index (κ2) is 7.03. The fourth-order valence-electron chi connectivity index (χ4n) is 2.40. The highest BCUT2D eigenvalue weighted by atomic mass is 16.6. The molecule has 0 saturated carbocycles. The fourth-order valence-corrected chi connectivity index (χ4v) is 2.40. The number of nitrogens with zero attached hydrogens (tertiary/aromatic N) is 1. The maximum atomic E-state index is 12.4. The van der Waals surface area contributed by atoms with Crippen LogP contribution in [0.1, 0.15) is 46.6 Å². The van der Waals surface area contributed by atoms with Crippen LogP contribution in [-0.4, -0.2) is 29.5 Å². The first-order valence-corrected chi connectivity index (χ1v) is 8.12. The molecule has 1 aliphatic heterocycles. The lowest BCUT2D eigenvalue weighted by molar-refractivity contribution is -0.118. The molecule has 0 spiro atoms. The van der Waals surface area contributed by atoms with Crippen LogP contribution in [0.25, 0.3) is 0 Å². The molecular weight excluding hydrogens is 306 g/mol. The smallest absolute Gasteiger partial charge is 0.409 e. The lowest BCUT2D eigenvalue weighted by Crippen LogP contribution is -2.44. The summed E-state index contributed by atoms with van der Waals surface area (Å²) in [5, 5.41) is 5.36. The van der Waals surface area contributed by atoms with Crippen molar-refractivity contribution in [2.24, 2.45) is 10.9 Å². The number of para-hydroxylation sites is 1. The summed E-state index contributed by atoms with van der Waals surface area (Å²) in [6, 6.07) is 7.52. The number of anilines is 1. The van der Waals surface area contributed by atoms with Gasteiger partial charge in [0, 0.05) is 17.0 Å². The molecular formula is C18H25N3O3. The molecule has 2 N–H and O–H groups in total. The lowest BCUT2D eigenvalue weighted by Gasteiger charge is -2.21. The van der Waals surface area contributed by atoms with Crippen molar-refractivity contribution >= 4 is 23.4 Å². The predicted molar refractivity (Wildman–Crippen MR) is 94.2 cm³/mol. The number of hydrogen-bond acceptors (Lipinski definition) is 4. The molecule has 130 valence electrons. The molecule has 0 bridgehead atoms. The topological polar surface area (TPSA) is 79.8 Å². The number of fused-ring (bicyclic) bond motifs is 1. The molecule has 0 fully saturated rings. The third kappa shape index (κ3) is 4.81. The quantitative estimate of drug-likeness (QED) is 0.891. The third-order valence-corrected chi connectivity index (χ3v) is 3.28. The van der Waals surface area contributed by atoms with Crippen molar-refractivity contribution in [1.82, 2.24) is 5.32 Å². The minimum atomic E-state index is -1.01. The van der Waals surface area contributed by atoms with Crippen LogP contribution < -0.4 is 10.6 Å². The van der Waals surface area contributed by atoms with Gasteiger partial charge in [-0.3, -0.25) is 15.1 Å². The maximum absolute atomic E-state index is 12.4. The molecule has 1 unspecified atom stereocenters. The summed E-state index contributed by atoms with van der Waals surface area (Å²) in [7, 11) is 0. The van der Waals surface area contributed by atoms with E-state index >= 15 is 0 Å². The van der Waals surface area contributed by atoms with Gasteiger partial charge >= 0.3 is 6.09 Å². The Morgan fingerprint density at radius 2 is 2.00 bits per heavy atom. The van der Waals surface area contributed by atoms with E-state index in [-0.39, 0.29) is 5.91 Å². The van der Waals surface area contributed by atoms with Crippen LogP contribution >= 0.6 is 0 Å². The van der Waals surface area contributed by atoms with Crippen LogP contribution in [-0.2, 0) is 9.53 Å². The number of aliphatic imine (C=N–C) groups is 1. The summed E-state index contributed by atoms with van der Waals surface area (Å²) in [5.41, 5.74) is 1.74. The second-order valence-electron chi connectivity index (χ2n) is 7.26. The monoisotopic (exact) mass is 331 g/mol. The first kappa shape index (κ1) is 18.0. The number of rotatable bonds is 3. The fraction of sp³-hybridized carbons (Fsp3) is 0.500. The second-order valence-corrected chi connectivity index (χ2v) is 7.26. The van der Waals surface area contributed by atoms with Crippen LogP contribution in [0.4, 0.5) is 10.5 Å². The average Bonchev–Trinajstić information content (AvgIpc) is 2.54. The molecule has 0 aliphatic carbocycles. The van der Waals surface area contributed by atoms with Crippen molar-refractivity contribution < 1.29 is 14.3 Å². The zero-order valence-corrected chi connectivity index (χ0v) is 14.8. The number of carbonyl (C=O) groups is 2. The Kier molecular flexibility index (Phi) is 5.26. The van der Waals surface area contributed by atoms with E-state index in [4.69, 9.17) is 4.74 Å². The van der Waals surface area contributed by atoms with E-state index in [0.29, 0.717) is 18.0 Å². The van der Waals surface area contributed by atoms with Gasteiger partial charge in [-0.25, -0.2) is 4.79 Å². The van der Waals surface area contributed by atoms with E-state index in [0.717, 1.165) is 11.3 Å². The number of ether oxygens (including phenoxy) is 1. The van der Waals surface area contributed by atoms with Gasteiger partial charge in [0.2, 0.25) is 6.17 Å². The molecule has 0 radical (unpaired) electrons. The van der Waals surface area contributed by atoms with Crippen molar-refractivity contribution in [3.05, 3.63) is 29.8 Å². The number of carbonyl (C=O) groups excluding carboxylic acids is 2. The predicted octanol–water partition coefficient (Wildman–Crippen LogP) is 3.32. The highest BCUT2D eigenvalue weighted by molar-refractivity contribution is 6.12. The van der Waals surface area contributed by atoms with Crippen molar-refractivity contribution in [1.29, 1.82) is 0 Å². The first-order chi connectivity index (χ1) is 11.2. The number of nitrogens with one attached hydrogen (secondary N) is 2. The van der Waals surface area contributed by atoms with Crippen molar-refractivity contribution in [3.63, 3.8) is 0 Å². The standard InChI is InChI=1S/C18H25N3O3/c1-11(2)10-14-12-8-6-7-9-13(12)20-16(22)15(19-14)21-17(23)24-18(3,4)5/h6-9,11,15H,10H2,1-5H3,(H,20,22)(H,21,23). The molecule has 2 rings (SSSR count). The van der Waals surface area contributed by atoms with Gasteiger partial charge < -0.3 is 10.1 Å². The number of benzodiazepines with no additional fused rings is 1. The summed E-state index contributed by atoms with van der Waals surface area (Å²) in [5.74, 6) is -0.0146. The SMILES string of the molecule is CC(C)CC1=NC(NC(=O)OC(C)(C)C)C(=O)Nc2ccccc21. The molecule has 1 aliphatic rings. The first-order valence-electron chi connectivity index (χ1n) is 8.12. The number of amides is 2. The largest absolute Gasteiger partial charge is 0.444 e. The third-order valence-electron chi connectivity index (χ3n) is 3.28. The molecule has 2 amide bonds. The average molecular weight is 331 g/mol. The minimum Gasteiger partial charge on any atom is -0.444 e. The summed E-state index contributed by atoms with van der Waals surface area (Å²) >= 11 is 0. The van der Waals surface area contributed by atoms with Gasteiger partial charge in [-0.1, -0.05) is 32.0 Å². The van der Waals surface area contributed by atoms with Crippen LogP contribution in [0.15, 0.2) is 29.3 Å². The Morgan fingerprint density at radius 1 is 1.33 bits per heavy atom. The highest BCUT2D eigenvalue weighted by Crippen LogP contribution is 2.23. The Balaban J connectivity index is 2.29. The van der Waals surface area contributed by atoms with Crippen molar-refractivity contribution in [2.75, 3.05) is 5.32 Å². The molecule has 0 saturated heterocycles. The van der Waals surface area contributed by atoms with E-state index in [1.165, 1.54) is 0 Å². The molecule has 1 aromatic carbocycles. The normalized spacial score (nSPS) is 17.5. The summed E-state index contributed by atoms with van der Waals surface area (Å²) in [4.78, 5) is 28.9. The van der Waals surface area contributed by atoms with Crippen LogP contribution in [0, 0.1) is 5.92 Å². The van der Waals surface area contributed by atoms with Crippen molar-refractivity contribution in [2.45, 2.75) is 52.8 Å². The molecule has 1 atom stereocenters. The van der Waals surface area contributed by atoms with Crippen LogP contribution in [0.2, 0.25) is 0 Å². The van der Waals surface area contributed by atoms with Crippen LogP contribution in [0.5, 0.6) is 0 Å². The lowest BCUT2D eigenvalue weighted by atomic mass is 9.99. The number of alkyl carbamates (subject to hydrolysis) is 1. The van der Waals surface area contributed by atoms with Gasteiger partial charge in [-0.05, 0) is 39.2 Å². The van der Waals surface area contributed by atoms with Gasteiger partial charge in [0.15, 0.2) is 0 Å². The van der Waals surface area contributed by atoms with Gasteiger partial charge in [0.05, 0.1) is 0 Å². The Labute approximate surface area is 142 Å². The van der Waals surface area contributed by atoms with Crippen molar-refractivity contribution in [3.8, 4) is 0 Å². The maximum Gasteiger partial charge on any atom is 0.409 e. The molecule has 24 heavy (non-hydrogen) atoms. The minimum absolute atomic E-state index is 0.368. The van der Waals surface area contributed by atoms with Gasteiger partial charge in [-0.2, -0.15) is 0 Å². The molecule has 6 heteroatoms. The van der Waals surface area contributed by atoms with E-state index in [1.54, 1.807) is 20.8 Å². The van der Waals surface area contributed by atoms with E-state index < -0.39 is 17.9 Å². The van der Waals surface area contributed by atoms with Gasteiger partial charge in [0.1, 0.15) is 5.60 Å². The summed E-state index contributed by atoms with van der Waals surface area (Å²) in [6.45, 7) is 9.47. The zero-order chi connectivity index (χ0) is 17.9. The summed E-state index contributed by atoms with van der Waals surface area (Å²) in [6.07, 6.45) is -0.972. The van der Waals surface area contributed by atoms with Gasteiger partial charge in [0.25, 0.3) is 5.91 Å². The molecule has 6 nitrogen and oxygen atoms in total. The Morgan fingerprint density at radius 3 is 2.62 bits per heavy atom. The summed E-state index contributed by atoms with van der Waals surface area (Å²) < 4.78 is 5.22.